The van der Waals surface area contributed by atoms with Gasteiger partial charge in [0.2, 0.25) is 0 Å². The maximum absolute atomic E-state index is 13.2. The van der Waals surface area contributed by atoms with Crippen LogP contribution in [0.4, 0.5) is 16.2 Å². The van der Waals surface area contributed by atoms with Crippen LogP contribution in [0.1, 0.15) is 37.4 Å². The average molecular weight is 496 g/mol. The minimum atomic E-state index is -0.0486. The summed E-state index contributed by atoms with van der Waals surface area (Å²) in [7, 11) is 1.68. The van der Waals surface area contributed by atoms with Crippen molar-refractivity contribution in [2.45, 2.75) is 31.6 Å². The number of amides is 2. The zero-order valence-electron chi connectivity index (χ0n) is 21.3. The van der Waals surface area contributed by atoms with Crippen molar-refractivity contribution in [2.75, 3.05) is 43.5 Å². The normalized spacial score (nSPS) is 17.8. The number of fused-ring (bicyclic) bond motifs is 1. The first-order valence-electron chi connectivity index (χ1n) is 13.2. The number of rotatable bonds is 5. The third-order valence-electron chi connectivity index (χ3n) is 7.58. The Kier molecular flexibility index (Phi) is 6.43. The van der Waals surface area contributed by atoms with E-state index in [0.29, 0.717) is 6.54 Å². The summed E-state index contributed by atoms with van der Waals surface area (Å²) >= 11 is 0. The van der Waals surface area contributed by atoms with Gasteiger partial charge in [0.1, 0.15) is 11.6 Å². The molecule has 0 spiro atoms. The molecule has 0 bridgehead atoms. The zero-order valence-corrected chi connectivity index (χ0v) is 21.3. The van der Waals surface area contributed by atoms with Crippen molar-refractivity contribution in [3.63, 3.8) is 0 Å². The lowest BCUT2D eigenvalue weighted by Gasteiger charge is -2.32. The molecule has 2 aliphatic heterocycles. The second kappa shape index (κ2) is 10.2. The zero-order chi connectivity index (χ0) is 25.2. The second-order valence-electron chi connectivity index (χ2n) is 9.96. The van der Waals surface area contributed by atoms with Gasteiger partial charge in [0, 0.05) is 55.2 Å². The molecule has 2 aliphatic rings. The van der Waals surface area contributed by atoms with E-state index in [4.69, 9.17) is 9.72 Å². The first kappa shape index (κ1) is 23.4. The minimum absolute atomic E-state index is 0.0486. The fraction of sp³-hybridized carbons (Fsp3) is 0.333. The van der Waals surface area contributed by atoms with E-state index in [1.54, 1.807) is 7.11 Å². The number of ether oxygens (including phenoxy) is 1. The number of methoxy groups -OCH3 is 1. The largest absolute Gasteiger partial charge is 0.497 e. The Bertz CT molecular complexity index is 1390. The van der Waals surface area contributed by atoms with E-state index in [9.17, 15) is 4.79 Å². The smallest absolute Gasteiger partial charge is 0.321 e. The van der Waals surface area contributed by atoms with Gasteiger partial charge in [-0.15, -0.1) is 0 Å². The molecule has 1 N–H and O–H groups in total. The van der Waals surface area contributed by atoms with Gasteiger partial charge in [0.05, 0.1) is 18.3 Å². The van der Waals surface area contributed by atoms with Crippen LogP contribution in [0.2, 0.25) is 0 Å². The van der Waals surface area contributed by atoms with Crippen LogP contribution >= 0.6 is 0 Å². The van der Waals surface area contributed by atoms with Crippen LogP contribution in [0.15, 0.2) is 72.9 Å². The number of likely N-dealkylation sites (tertiary alicyclic amines) is 1. The third-order valence-corrected chi connectivity index (χ3v) is 7.58. The molecule has 37 heavy (non-hydrogen) atoms. The first-order chi connectivity index (χ1) is 18.2. The van der Waals surface area contributed by atoms with E-state index in [0.717, 1.165) is 66.5 Å². The van der Waals surface area contributed by atoms with Gasteiger partial charge in [0.15, 0.2) is 0 Å². The van der Waals surface area contributed by atoms with Crippen LogP contribution in [0.25, 0.3) is 16.8 Å². The highest BCUT2D eigenvalue weighted by atomic mass is 16.5. The van der Waals surface area contributed by atoms with Crippen molar-refractivity contribution in [1.29, 1.82) is 0 Å². The van der Waals surface area contributed by atoms with Gasteiger partial charge in [-0.2, -0.15) is 0 Å². The van der Waals surface area contributed by atoms with E-state index in [1.165, 1.54) is 18.5 Å². The molecule has 2 saturated heterocycles. The molecule has 190 valence electrons. The topological polar surface area (TPSA) is 62.1 Å². The van der Waals surface area contributed by atoms with Gasteiger partial charge in [-0.3, -0.25) is 0 Å². The summed E-state index contributed by atoms with van der Waals surface area (Å²) in [6, 6.07) is 22.4. The van der Waals surface area contributed by atoms with Gasteiger partial charge in [-0.05, 0) is 74.2 Å². The number of aromatic nitrogens is 2. The third kappa shape index (κ3) is 4.73. The van der Waals surface area contributed by atoms with Crippen molar-refractivity contribution < 1.29 is 9.53 Å². The number of piperidine rings is 1. The number of carbonyl (C=O) groups is 1. The van der Waals surface area contributed by atoms with Gasteiger partial charge in [0.25, 0.3) is 0 Å². The maximum atomic E-state index is 13.2. The second-order valence-corrected chi connectivity index (χ2v) is 9.96. The molecule has 0 radical (unpaired) electrons. The minimum Gasteiger partial charge on any atom is -0.497 e. The molecule has 6 rings (SSSR count). The highest BCUT2D eigenvalue weighted by Crippen LogP contribution is 2.33. The number of hydrogen-bond donors (Lipinski definition) is 1. The monoisotopic (exact) mass is 495 g/mol. The van der Waals surface area contributed by atoms with Crippen LogP contribution < -0.4 is 15.0 Å². The number of urea groups is 1. The summed E-state index contributed by atoms with van der Waals surface area (Å²) in [5.74, 6) is 1.97. The number of nitrogens with one attached hydrogen (secondary N) is 1. The predicted octanol–water partition coefficient (Wildman–Crippen LogP) is 6.02. The van der Waals surface area contributed by atoms with Crippen LogP contribution in [0, 0.1) is 0 Å². The number of benzene rings is 2. The predicted molar refractivity (Wildman–Crippen MR) is 148 cm³/mol. The first-order valence-corrected chi connectivity index (χ1v) is 13.2. The molecular weight excluding hydrogens is 462 g/mol. The molecule has 2 fully saturated rings. The van der Waals surface area contributed by atoms with E-state index >= 15 is 0 Å². The Labute approximate surface area is 217 Å². The molecule has 7 heteroatoms. The lowest BCUT2D eigenvalue weighted by atomic mass is 9.97. The van der Waals surface area contributed by atoms with Crippen molar-refractivity contribution in [1.82, 2.24) is 14.3 Å². The number of anilines is 2. The summed E-state index contributed by atoms with van der Waals surface area (Å²) in [6.07, 6.45) is 6.52. The van der Waals surface area contributed by atoms with Crippen LogP contribution in [-0.2, 0) is 0 Å². The summed E-state index contributed by atoms with van der Waals surface area (Å²) in [4.78, 5) is 22.7. The lowest BCUT2D eigenvalue weighted by molar-refractivity contribution is 0.191. The van der Waals surface area contributed by atoms with Crippen LogP contribution in [-0.4, -0.2) is 53.6 Å². The van der Waals surface area contributed by atoms with Gasteiger partial charge in [-0.1, -0.05) is 18.2 Å². The molecule has 4 heterocycles. The summed E-state index contributed by atoms with van der Waals surface area (Å²) < 4.78 is 7.62. The van der Waals surface area contributed by atoms with E-state index < -0.39 is 0 Å². The Morgan fingerprint density at radius 2 is 1.81 bits per heavy atom. The summed E-state index contributed by atoms with van der Waals surface area (Å²) in [5, 5.41) is 3.11. The molecule has 2 aromatic carbocycles. The van der Waals surface area contributed by atoms with E-state index in [2.05, 4.69) is 45.1 Å². The SMILES string of the molecule is COc1cccc(-c2nc([C@@H]3CCCN(C(=O)Nc4ccc(N5CCCC5)cc4)C3)n3ccccc23)c1. The molecule has 1 atom stereocenters. The molecular formula is C30H33N5O2. The van der Waals surface area contributed by atoms with Crippen molar-refractivity contribution in [3.8, 4) is 17.0 Å². The van der Waals surface area contributed by atoms with Crippen LogP contribution in [0.3, 0.4) is 0 Å². The van der Waals surface area contributed by atoms with Gasteiger partial charge < -0.3 is 24.3 Å². The Balaban J connectivity index is 1.21. The number of nitrogens with zero attached hydrogens (tertiary/aromatic N) is 4. The van der Waals surface area contributed by atoms with Crippen LogP contribution in [0.5, 0.6) is 5.75 Å². The molecule has 4 aromatic rings. The highest BCUT2D eigenvalue weighted by molar-refractivity contribution is 5.89. The summed E-state index contributed by atoms with van der Waals surface area (Å²) in [5.41, 5.74) is 5.09. The maximum Gasteiger partial charge on any atom is 0.321 e. The van der Waals surface area contributed by atoms with Gasteiger partial charge in [-0.25, -0.2) is 9.78 Å². The molecule has 2 aromatic heterocycles. The summed E-state index contributed by atoms with van der Waals surface area (Å²) in [6.45, 7) is 3.62. The number of hydrogen-bond acceptors (Lipinski definition) is 4. The quantitative estimate of drug-likeness (QED) is 0.368. The Morgan fingerprint density at radius 3 is 2.62 bits per heavy atom. The van der Waals surface area contributed by atoms with E-state index in [-0.39, 0.29) is 11.9 Å². The standard InChI is InChI=1S/C30H33N5O2/c1-37-26-10-6-8-22(20-26)28-27-11-2-3-19-35(27)29(32-28)23-9-7-18-34(21-23)30(36)31-24-12-14-25(15-13-24)33-16-4-5-17-33/h2-3,6,8,10-15,19-20,23H,4-5,7,9,16-18,21H2,1H3,(H,31,36)/t23-/m1/s1. The fourth-order valence-electron chi connectivity index (χ4n) is 5.64. The lowest BCUT2D eigenvalue weighted by Crippen LogP contribution is -2.42. The Morgan fingerprint density at radius 1 is 0.973 bits per heavy atom. The number of imidazole rings is 1. The number of pyridine rings is 1. The van der Waals surface area contributed by atoms with Crippen molar-refractivity contribution in [3.05, 3.63) is 78.8 Å². The van der Waals surface area contributed by atoms with Crippen molar-refractivity contribution >= 4 is 22.9 Å². The number of carbonyl (C=O) groups excluding carboxylic acids is 1. The fourth-order valence-corrected chi connectivity index (χ4v) is 5.64. The van der Waals surface area contributed by atoms with Crippen molar-refractivity contribution in [2.24, 2.45) is 0 Å². The molecule has 7 nitrogen and oxygen atoms in total. The van der Waals surface area contributed by atoms with E-state index in [1.807, 2.05) is 47.4 Å². The van der Waals surface area contributed by atoms with Gasteiger partial charge >= 0.3 is 6.03 Å². The molecule has 0 aliphatic carbocycles. The molecule has 0 saturated carbocycles. The molecule has 0 unspecified atom stereocenters. The average Bonchev–Trinajstić information content (AvgIpc) is 3.63. The highest BCUT2D eigenvalue weighted by Gasteiger charge is 2.29. The molecule has 2 amide bonds. The Hall–Kier alpha value is -4.00.